The molecule has 0 bridgehead atoms. The van der Waals surface area contributed by atoms with Crippen LogP contribution in [0.3, 0.4) is 0 Å². The van der Waals surface area contributed by atoms with Gasteiger partial charge >= 0.3 is 0 Å². The van der Waals surface area contributed by atoms with E-state index in [0.717, 1.165) is 11.1 Å². The van der Waals surface area contributed by atoms with Crippen molar-refractivity contribution < 1.29 is 14.5 Å². The second-order valence-corrected chi connectivity index (χ2v) is 8.19. The number of hydrogen-bond acceptors (Lipinski definition) is 6. The Morgan fingerprint density at radius 2 is 1.91 bits per heavy atom. The third-order valence-corrected chi connectivity index (χ3v) is 6.62. The molecule has 2 aliphatic rings. The molecule has 0 aliphatic carbocycles. The summed E-state index contributed by atoms with van der Waals surface area (Å²) in [5.41, 5.74) is 1.46. The molecule has 2 aromatic carbocycles. The maximum atomic E-state index is 13.9. The van der Waals surface area contributed by atoms with Crippen LogP contribution in [-0.2, 0) is 10.3 Å². The van der Waals surface area contributed by atoms with Crippen LogP contribution in [-0.4, -0.2) is 40.1 Å². The molecular weight excluding hydrogens is 408 g/mol. The SMILES string of the molecule is CN1CC(c2ccc([N+](=O)[O-])cc2)C(C(=O)c2cccnc2)C12C(=O)Nc1ccccc12. The predicted octanol–water partition coefficient (Wildman–Crippen LogP) is 3.37. The molecular formula is C24H20N4O4. The van der Waals surface area contributed by atoms with Crippen LogP contribution in [0.2, 0.25) is 0 Å². The maximum Gasteiger partial charge on any atom is 0.269 e. The van der Waals surface area contributed by atoms with Gasteiger partial charge in [0.1, 0.15) is 5.54 Å². The van der Waals surface area contributed by atoms with Gasteiger partial charge in [0.25, 0.3) is 5.69 Å². The monoisotopic (exact) mass is 428 g/mol. The van der Waals surface area contributed by atoms with E-state index in [-0.39, 0.29) is 23.3 Å². The summed E-state index contributed by atoms with van der Waals surface area (Å²) in [6.45, 7) is 0.441. The summed E-state index contributed by atoms with van der Waals surface area (Å²) in [7, 11) is 1.84. The first-order chi connectivity index (χ1) is 15.4. The van der Waals surface area contributed by atoms with E-state index in [9.17, 15) is 19.7 Å². The number of nitrogens with one attached hydrogen (secondary N) is 1. The van der Waals surface area contributed by atoms with Crippen LogP contribution < -0.4 is 5.32 Å². The highest BCUT2D eigenvalue weighted by Gasteiger charge is 2.64. The molecule has 32 heavy (non-hydrogen) atoms. The van der Waals surface area contributed by atoms with Gasteiger partial charge in [0.05, 0.1) is 10.8 Å². The fourth-order valence-corrected chi connectivity index (χ4v) is 5.23. The van der Waals surface area contributed by atoms with Gasteiger partial charge in [-0.1, -0.05) is 30.3 Å². The highest BCUT2D eigenvalue weighted by Crippen LogP contribution is 2.55. The third-order valence-electron chi connectivity index (χ3n) is 6.62. The molecule has 8 nitrogen and oxygen atoms in total. The molecule has 3 heterocycles. The standard InChI is InChI=1S/C24H20N4O4/c1-27-14-18(15-8-10-17(11-9-15)28(31)32)21(22(29)16-5-4-12-25-13-16)24(27)19-6-2-3-7-20(19)26-23(24)30/h2-13,18,21H,14H2,1H3,(H,26,30). The molecule has 1 amide bonds. The van der Waals surface area contributed by atoms with Gasteiger partial charge in [0.2, 0.25) is 5.91 Å². The van der Waals surface area contributed by atoms with E-state index < -0.39 is 16.4 Å². The second kappa shape index (κ2) is 7.35. The van der Waals surface area contributed by atoms with Crippen molar-refractivity contribution in [3.63, 3.8) is 0 Å². The number of nitrogens with zero attached hydrogens (tertiary/aromatic N) is 3. The zero-order valence-electron chi connectivity index (χ0n) is 17.3. The number of carbonyl (C=O) groups is 2. The summed E-state index contributed by atoms with van der Waals surface area (Å²) in [6, 6.07) is 17.1. The third kappa shape index (κ3) is 2.76. The van der Waals surface area contributed by atoms with Crippen molar-refractivity contribution >= 4 is 23.1 Å². The van der Waals surface area contributed by atoms with E-state index in [1.807, 2.05) is 36.2 Å². The Bertz CT molecular complexity index is 1230. The average molecular weight is 428 g/mol. The summed E-state index contributed by atoms with van der Waals surface area (Å²) in [5, 5.41) is 14.1. The molecule has 3 atom stereocenters. The van der Waals surface area contributed by atoms with Crippen LogP contribution in [0, 0.1) is 16.0 Å². The van der Waals surface area contributed by atoms with Crippen LogP contribution in [0.25, 0.3) is 0 Å². The van der Waals surface area contributed by atoms with Crippen LogP contribution >= 0.6 is 0 Å². The van der Waals surface area contributed by atoms with Gasteiger partial charge in [-0.2, -0.15) is 0 Å². The van der Waals surface area contributed by atoms with Gasteiger partial charge in [-0.05, 0) is 30.8 Å². The van der Waals surface area contributed by atoms with Crippen molar-refractivity contribution in [3.05, 3.63) is 99.9 Å². The second-order valence-electron chi connectivity index (χ2n) is 8.19. The smallest absolute Gasteiger partial charge is 0.269 e. The molecule has 1 aromatic heterocycles. The fraction of sp³-hybridized carbons (Fsp3) is 0.208. The molecule has 2 aliphatic heterocycles. The molecule has 3 unspecified atom stereocenters. The number of non-ortho nitro benzene ring substituents is 1. The lowest BCUT2D eigenvalue weighted by Gasteiger charge is -2.35. The number of ketones is 1. The van der Waals surface area contributed by atoms with Gasteiger partial charge in [0.15, 0.2) is 5.78 Å². The number of pyridine rings is 1. The predicted molar refractivity (Wildman–Crippen MR) is 117 cm³/mol. The highest BCUT2D eigenvalue weighted by atomic mass is 16.6. The maximum absolute atomic E-state index is 13.9. The van der Waals surface area contributed by atoms with Gasteiger partial charge < -0.3 is 5.32 Å². The van der Waals surface area contributed by atoms with Crippen LogP contribution in [0.1, 0.15) is 27.4 Å². The zero-order chi connectivity index (χ0) is 22.5. The number of rotatable bonds is 4. The molecule has 160 valence electrons. The molecule has 5 rings (SSSR count). The Morgan fingerprint density at radius 3 is 2.59 bits per heavy atom. The number of aromatic nitrogens is 1. The summed E-state index contributed by atoms with van der Waals surface area (Å²) in [4.78, 5) is 44.1. The summed E-state index contributed by atoms with van der Waals surface area (Å²) in [5.74, 6) is -1.50. The van der Waals surface area contributed by atoms with E-state index in [4.69, 9.17) is 0 Å². The van der Waals surface area contributed by atoms with Crippen LogP contribution in [0.15, 0.2) is 73.1 Å². The number of nitro benzene ring substituents is 1. The van der Waals surface area contributed by atoms with Crippen molar-refractivity contribution in [3.8, 4) is 0 Å². The number of likely N-dealkylation sites (N-methyl/N-ethyl adjacent to an activating group) is 1. The number of Topliss-reactive ketones (excluding diaryl/α,β-unsaturated/α-hetero) is 1. The number of anilines is 1. The van der Waals surface area contributed by atoms with E-state index in [1.165, 1.54) is 18.3 Å². The largest absolute Gasteiger partial charge is 0.324 e. The van der Waals surface area contributed by atoms with Gasteiger partial charge in [0, 0.05) is 53.8 Å². The first-order valence-electron chi connectivity index (χ1n) is 10.3. The Morgan fingerprint density at radius 1 is 1.16 bits per heavy atom. The number of hydrogen-bond donors (Lipinski definition) is 1. The zero-order valence-corrected chi connectivity index (χ0v) is 17.3. The van der Waals surface area contributed by atoms with E-state index in [2.05, 4.69) is 10.3 Å². The Balaban J connectivity index is 1.70. The average Bonchev–Trinajstić information content (AvgIpc) is 3.29. The number of nitro groups is 1. The molecule has 3 aromatic rings. The lowest BCUT2D eigenvalue weighted by atomic mass is 9.70. The number of fused-ring (bicyclic) bond motifs is 2. The summed E-state index contributed by atoms with van der Waals surface area (Å²) in [6.07, 6.45) is 3.11. The van der Waals surface area contributed by atoms with Crippen LogP contribution in [0.4, 0.5) is 11.4 Å². The molecule has 1 saturated heterocycles. The number of carbonyl (C=O) groups excluding carboxylic acids is 2. The lowest BCUT2D eigenvalue weighted by Crippen LogP contribution is -2.51. The van der Waals surface area contributed by atoms with Gasteiger partial charge in [-0.3, -0.25) is 29.6 Å². The minimum absolute atomic E-state index is 0.0195. The topological polar surface area (TPSA) is 105 Å². The number of benzene rings is 2. The van der Waals surface area contributed by atoms with Gasteiger partial charge in [-0.25, -0.2) is 0 Å². The van der Waals surface area contributed by atoms with Crippen molar-refractivity contribution in [1.82, 2.24) is 9.88 Å². The molecule has 1 N–H and O–H groups in total. The normalized spacial score (nSPS) is 24.3. The number of para-hydroxylation sites is 1. The Hall–Kier alpha value is -3.91. The highest BCUT2D eigenvalue weighted by molar-refractivity contribution is 6.12. The van der Waals surface area contributed by atoms with Crippen molar-refractivity contribution in [1.29, 1.82) is 0 Å². The van der Waals surface area contributed by atoms with Crippen molar-refractivity contribution in [2.24, 2.45) is 5.92 Å². The molecule has 0 radical (unpaired) electrons. The van der Waals surface area contributed by atoms with Crippen molar-refractivity contribution in [2.45, 2.75) is 11.5 Å². The number of likely N-dealkylation sites (tertiary alicyclic amines) is 1. The van der Waals surface area contributed by atoms with Gasteiger partial charge in [-0.15, -0.1) is 0 Å². The molecule has 1 spiro atoms. The summed E-state index contributed by atoms with van der Waals surface area (Å²) < 4.78 is 0. The Labute approximate surface area is 184 Å². The molecule has 0 saturated carbocycles. The first kappa shape index (κ1) is 20.0. The van der Waals surface area contributed by atoms with Crippen molar-refractivity contribution in [2.75, 3.05) is 18.9 Å². The van der Waals surface area contributed by atoms with E-state index in [0.29, 0.717) is 17.8 Å². The van der Waals surface area contributed by atoms with Crippen LogP contribution in [0.5, 0.6) is 0 Å². The van der Waals surface area contributed by atoms with E-state index in [1.54, 1.807) is 30.5 Å². The summed E-state index contributed by atoms with van der Waals surface area (Å²) >= 11 is 0. The fourth-order valence-electron chi connectivity index (χ4n) is 5.23. The van der Waals surface area contributed by atoms with E-state index >= 15 is 0 Å². The lowest BCUT2D eigenvalue weighted by molar-refractivity contribution is -0.384. The first-order valence-corrected chi connectivity index (χ1v) is 10.3. The minimum atomic E-state index is -1.18. The molecule has 1 fully saturated rings. The minimum Gasteiger partial charge on any atom is -0.324 e. The number of amides is 1. The Kier molecular flexibility index (Phi) is 4.60. The molecule has 8 heteroatoms. The quantitative estimate of drug-likeness (QED) is 0.388.